The molecule has 0 bridgehead atoms. The molecule has 1 aromatic carbocycles. The Bertz CT molecular complexity index is 758. The normalized spacial score (nSPS) is 29.8. The number of carbonyl (C=O) groups is 2. The first-order chi connectivity index (χ1) is 14.7. The molecule has 1 aromatic rings. The minimum atomic E-state index is -0.571. The Kier molecular flexibility index (Phi) is 6.85. The fraction of sp³-hybridized carbons (Fsp3) is 0.583. The molecule has 3 aliphatic rings. The molecule has 2 saturated heterocycles. The summed E-state index contributed by atoms with van der Waals surface area (Å²) in [5.41, 5.74) is 0.556. The van der Waals surface area contributed by atoms with Gasteiger partial charge in [-0.05, 0) is 50.1 Å². The van der Waals surface area contributed by atoms with Gasteiger partial charge in [-0.1, -0.05) is 42.5 Å². The minimum absolute atomic E-state index is 0.0195. The number of allylic oxidation sites excluding steroid dienone is 2. The molecule has 0 aromatic heterocycles. The van der Waals surface area contributed by atoms with Gasteiger partial charge in [-0.25, -0.2) is 0 Å². The van der Waals surface area contributed by atoms with Crippen molar-refractivity contribution in [3.05, 3.63) is 48.0 Å². The van der Waals surface area contributed by atoms with E-state index in [4.69, 9.17) is 4.74 Å². The van der Waals surface area contributed by atoms with Crippen molar-refractivity contribution >= 4 is 11.8 Å². The molecular formula is C24H33N3O3. The molecule has 3 N–H and O–H groups in total. The summed E-state index contributed by atoms with van der Waals surface area (Å²) in [6.07, 6.45) is 8.78. The molecule has 162 valence electrons. The second-order valence-corrected chi connectivity index (χ2v) is 8.89. The van der Waals surface area contributed by atoms with E-state index in [1.54, 1.807) is 0 Å². The first kappa shape index (κ1) is 21.1. The fourth-order valence-corrected chi connectivity index (χ4v) is 4.88. The number of amides is 2. The Morgan fingerprint density at radius 1 is 1.03 bits per heavy atom. The topological polar surface area (TPSA) is 79.5 Å². The monoisotopic (exact) mass is 411 g/mol. The number of nitrogens with one attached hydrogen (secondary N) is 3. The molecule has 30 heavy (non-hydrogen) atoms. The smallest absolute Gasteiger partial charge is 0.243 e. The van der Waals surface area contributed by atoms with Crippen molar-refractivity contribution in [1.29, 1.82) is 0 Å². The van der Waals surface area contributed by atoms with E-state index >= 15 is 0 Å². The molecule has 3 heterocycles. The number of piperidine rings is 1. The van der Waals surface area contributed by atoms with Gasteiger partial charge in [0.05, 0.1) is 5.41 Å². The summed E-state index contributed by atoms with van der Waals surface area (Å²) in [6, 6.07) is 9.49. The Morgan fingerprint density at radius 3 is 2.63 bits per heavy atom. The van der Waals surface area contributed by atoms with E-state index in [2.05, 4.69) is 28.1 Å². The molecule has 4 rings (SSSR count). The Balaban J connectivity index is 1.61. The van der Waals surface area contributed by atoms with E-state index in [9.17, 15) is 9.59 Å². The Hall–Kier alpha value is -2.18. The SMILES string of the molecule is O=C1N[C@H]2CCNC[C@@H]2CC=CCC2(CCOCC2)C(=O)N[C@H]1Cc1ccccc1. The number of ether oxygens (including phenoxy) is 1. The number of benzene rings is 1. The van der Waals surface area contributed by atoms with Crippen molar-refractivity contribution in [1.82, 2.24) is 16.0 Å². The largest absolute Gasteiger partial charge is 0.381 e. The molecular weight excluding hydrogens is 378 g/mol. The fourth-order valence-electron chi connectivity index (χ4n) is 4.88. The van der Waals surface area contributed by atoms with Crippen molar-refractivity contribution in [2.75, 3.05) is 26.3 Å². The molecule has 0 unspecified atom stereocenters. The van der Waals surface area contributed by atoms with E-state index in [1.165, 1.54) is 0 Å². The zero-order valence-electron chi connectivity index (χ0n) is 17.6. The van der Waals surface area contributed by atoms with E-state index < -0.39 is 11.5 Å². The number of fused-ring (bicyclic) bond motifs is 1. The van der Waals surface area contributed by atoms with Gasteiger partial charge < -0.3 is 20.7 Å². The molecule has 2 amide bonds. The Morgan fingerprint density at radius 2 is 1.83 bits per heavy atom. The number of rotatable bonds is 2. The minimum Gasteiger partial charge on any atom is -0.381 e. The van der Waals surface area contributed by atoms with Crippen molar-refractivity contribution in [2.45, 2.75) is 50.6 Å². The zero-order chi connectivity index (χ0) is 20.8. The average Bonchev–Trinajstić information content (AvgIpc) is 2.78. The molecule has 0 aliphatic carbocycles. The number of hydrogen-bond acceptors (Lipinski definition) is 4. The summed E-state index contributed by atoms with van der Waals surface area (Å²) in [4.78, 5) is 26.8. The quantitative estimate of drug-likeness (QED) is 0.650. The van der Waals surface area contributed by atoms with Crippen LogP contribution in [-0.4, -0.2) is 50.2 Å². The van der Waals surface area contributed by atoms with Gasteiger partial charge in [0.25, 0.3) is 0 Å². The lowest BCUT2D eigenvalue weighted by Gasteiger charge is -2.38. The first-order valence-corrected chi connectivity index (χ1v) is 11.2. The second kappa shape index (κ2) is 9.75. The van der Waals surface area contributed by atoms with Gasteiger partial charge >= 0.3 is 0 Å². The predicted octanol–water partition coefficient (Wildman–Crippen LogP) is 1.95. The highest BCUT2D eigenvalue weighted by atomic mass is 16.5. The van der Waals surface area contributed by atoms with Gasteiger partial charge in [0.1, 0.15) is 6.04 Å². The van der Waals surface area contributed by atoms with Crippen LogP contribution in [0.25, 0.3) is 0 Å². The van der Waals surface area contributed by atoms with Crippen molar-refractivity contribution in [2.24, 2.45) is 11.3 Å². The van der Waals surface area contributed by atoms with Crippen LogP contribution in [0.4, 0.5) is 0 Å². The standard InChI is InChI=1S/C24H33N3O3/c28-22-21(16-18-6-2-1-3-7-18)27-23(29)24(11-14-30-15-12-24)10-5-4-8-19-17-25-13-9-20(19)26-22/h1-7,19-21,25H,8-17H2,(H,26,28)(H,27,29)/t19-,20-,21-/m0/s1. The van der Waals surface area contributed by atoms with Crippen LogP contribution in [0.1, 0.15) is 37.7 Å². The van der Waals surface area contributed by atoms with Crippen molar-refractivity contribution < 1.29 is 14.3 Å². The third-order valence-electron chi connectivity index (χ3n) is 6.89. The highest BCUT2D eigenvalue weighted by Gasteiger charge is 2.41. The van der Waals surface area contributed by atoms with Gasteiger partial charge in [0.15, 0.2) is 0 Å². The average molecular weight is 412 g/mol. The van der Waals surface area contributed by atoms with Crippen LogP contribution in [-0.2, 0) is 20.7 Å². The molecule has 0 radical (unpaired) electrons. The summed E-state index contributed by atoms with van der Waals surface area (Å²) >= 11 is 0. The molecule has 3 aliphatic heterocycles. The predicted molar refractivity (Wildman–Crippen MR) is 116 cm³/mol. The summed E-state index contributed by atoms with van der Waals surface area (Å²) < 4.78 is 5.54. The zero-order valence-corrected chi connectivity index (χ0v) is 17.6. The molecule has 0 saturated carbocycles. The highest BCUT2D eigenvalue weighted by Crippen LogP contribution is 2.35. The third-order valence-corrected chi connectivity index (χ3v) is 6.89. The lowest BCUT2D eigenvalue weighted by atomic mass is 9.75. The van der Waals surface area contributed by atoms with Crippen LogP contribution in [0.3, 0.4) is 0 Å². The van der Waals surface area contributed by atoms with Gasteiger partial charge in [-0.15, -0.1) is 0 Å². The van der Waals surface area contributed by atoms with E-state index in [-0.39, 0.29) is 17.9 Å². The van der Waals surface area contributed by atoms with Crippen molar-refractivity contribution in [3.63, 3.8) is 0 Å². The van der Waals surface area contributed by atoms with Gasteiger partial charge in [-0.3, -0.25) is 9.59 Å². The van der Waals surface area contributed by atoms with Gasteiger partial charge in [-0.2, -0.15) is 0 Å². The molecule has 3 atom stereocenters. The lowest BCUT2D eigenvalue weighted by Crippen LogP contribution is -2.57. The maximum absolute atomic E-state index is 13.4. The van der Waals surface area contributed by atoms with Crippen LogP contribution >= 0.6 is 0 Å². The second-order valence-electron chi connectivity index (χ2n) is 8.89. The van der Waals surface area contributed by atoms with Crippen molar-refractivity contribution in [3.8, 4) is 0 Å². The number of carbonyl (C=O) groups excluding carboxylic acids is 2. The van der Waals surface area contributed by atoms with Crippen LogP contribution in [0.5, 0.6) is 0 Å². The molecule has 6 heteroatoms. The number of hydrogen-bond donors (Lipinski definition) is 3. The van der Waals surface area contributed by atoms with Crippen LogP contribution in [0.2, 0.25) is 0 Å². The van der Waals surface area contributed by atoms with E-state index in [0.29, 0.717) is 44.8 Å². The lowest BCUT2D eigenvalue weighted by molar-refractivity contribution is -0.140. The maximum atomic E-state index is 13.4. The van der Waals surface area contributed by atoms with Crippen LogP contribution < -0.4 is 16.0 Å². The van der Waals surface area contributed by atoms with E-state index in [0.717, 1.165) is 31.5 Å². The summed E-state index contributed by atoms with van der Waals surface area (Å²) in [5.74, 6) is 0.280. The third kappa shape index (κ3) is 4.93. The summed E-state index contributed by atoms with van der Waals surface area (Å²) in [6.45, 7) is 2.99. The molecule has 6 nitrogen and oxygen atoms in total. The highest BCUT2D eigenvalue weighted by molar-refractivity contribution is 5.90. The summed E-state index contributed by atoms with van der Waals surface area (Å²) in [7, 11) is 0. The van der Waals surface area contributed by atoms with Crippen LogP contribution in [0, 0.1) is 11.3 Å². The summed E-state index contributed by atoms with van der Waals surface area (Å²) in [5, 5.41) is 9.85. The Labute approximate surface area is 178 Å². The maximum Gasteiger partial charge on any atom is 0.243 e. The molecule has 1 spiro atoms. The van der Waals surface area contributed by atoms with Crippen LogP contribution in [0.15, 0.2) is 42.5 Å². The van der Waals surface area contributed by atoms with Gasteiger partial charge in [0, 0.05) is 32.2 Å². The van der Waals surface area contributed by atoms with Gasteiger partial charge in [0.2, 0.25) is 11.8 Å². The molecule has 2 fully saturated rings. The first-order valence-electron chi connectivity index (χ1n) is 11.2. The van der Waals surface area contributed by atoms with E-state index in [1.807, 2.05) is 30.3 Å².